The molecule has 4 heteroatoms. The molecule has 2 fully saturated rings. The standard InChI is InChI=1S/C12H19N3O/c1-12(13,7-8-3-2-4-8)11-14-10(16-15-11)9-5-6-9/h8-9H,2-7,13H2,1H3. The second-order valence-corrected chi connectivity index (χ2v) is 5.65. The molecule has 0 aromatic carbocycles. The van der Waals surface area contributed by atoms with Crippen molar-refractivity contribution in [3.05, 3.63) is 11.7 Å². The van der Waals surface area contributed by atoms with E-state index in [2.05, 4.69) is 10.1 Å². The Kier molecular flexibility index (Phi) is 2.28. The monoisotopic (exact) mass is 221 g/mol. The average molecular weight is 221 g/mol. The number of nitrogens with two attached hydrogens (primary N) is 1. The van der Waals surface area contributed by atoms with Crippen LogP contribution in [-0.4, -0.2) is 10.1 Å². The third kappa shape index (κ3) is 1.86. The maximum absolute atomic E-state index is 6.30. The first-order valence-corrected chi connectivity index (χ1v) is 6.28. The number of hydrogen-bond donors (Lipinski definition) is 1. The lowest BCUT2D eigenvalue weighted by Gasteiger charge is -2.32. The fourth-order valence-corrected chi connectivity index (χ4v) is 2.35. The van der Waals surface area contributed by atoms with Gasteiger partial charge in [0.15, 0.2) is 5.82 Å². The fourth-order valence-electron chi connectivity index (χ4n) is 2.35. The van der Waals surface area contributed by atoms with Gasteiger partial charge in [-0.15, -0.1) is 0 Å². The third-order valence-electron chi connectivity index (χ3n) is 3.82. The van der Waals surface area contributed by atoms with Gasteiger partial charge in [0.1, 0.15) is 0 Å². The summed E-state index contributed by atoms with van der Waals surface area (Å²) in [4.78, 5) is 4.45. The van der Waals surface area contributed by atoms with Crippen LogP contribution in [0.15, 0.2) is 4.52 Å². The van der Waals surface area contributed by atoms with Gasteiger partial charge in [-0.25, -0.2) is 0 Å². The van der Waals surface area contributed by atoms with Crippen LogP contribution in [0.1, 0.15) is 63.1 Å². The Labute approximate surface area is 95.6 Å². The largest absolute Gasteiger partial charge is 0.339 e. The Bertz CT molecular complexity index is 377. The highest BCUT2D eigenvalue weighted by molar-refractivity contribution is 5.07. The van der Waals surface area contributed by atoms with E-state index in [9.17, 15) is 0 Å². The van der Waals surface area contributed by atoms with Gasteiger partial charge < -0.3 is 10.3 Å². The molecule has 0 aliphatic heterocycles. The molecular weight excluding hydrogens is 202 g/mol. The Morgan fingerprint density at radius 2 is 2.12 bits per heavy atom. The first kappa shape index (κ1) is 10.3. The van der Waals surface area contributed by atoms with E-state index in [1.165, 1.54) is 32.1 Å². The fraction of sp³-hybridized carbons (Fsp3) is 0.833. The van der Waals surface area contributed by atoms with Crippen LogP contribution in [-0.2, 0) is 5.54 Å². The summed E-state index contributed by atoms with van der Waals surface area (Å²) in [6.07, 6.45) is 7.31. The zero-order valence-electron chi connectivity index (χ0n) is 9.78. The summed E-state index contributed by atoms with van der Waals surface area (Å²) in [5.41, 5.74) is 5.88. The first-order valence-electron chi connectivity index (χ1n) is 6.28. The van der Waals surface area contributed by atoms with Gasteiger partial charge in [0.05, 0.1) is 5.54 Å². The normalized spacial score (nSPS) is 25.1. The first-order chi connectivity index (χ1) is 7.65. The van der Waals surface area contributed by atoms with Gasteiger partial charge in [-0.2, -0.15) is 4.98 Å². The molecule has 2 saturated carbocycles. The van der Waals surface area contributed by atoms with E-state index in [-0.39, 0.29) is 0 Å². The van der Waals surface area contributed by atoms with Crippen LogP contribution in [0.2, 0.25) is 0 Å². The second-order valence-electron chi connectivity index (χ2n) is 5.65. The maximum atomic E-state index is 6.30. The van der Waals surface area contributed by atoms with Gasteiger partial charge in [0.2, 0.25) is 5.89 Å². The van der Waals surface area contributed by atoms with Gasteiger partial charge in [-0.3, -0.25) is 0 Å². The van der Waals surface area contributed by atoms with Crippen LogP contribution >= 0.6 is 0 Å². The summed E-state index contributed by atoms with van der Waals surface area (Å²) < 4.78 is 5.27. The van der Waals surface area contributed by atoms with Crippen molar-refractivity contribution >= 4 is 0 Å². The molecule has 1 heterocycles. The van der Waals surface area contributed by atoms with Gasteiger partial charge >= 0.3 is 0 Å². The van der Waals surface area contributed by atoms with Crippen molar-refractivity contribution in [2.24, 2.45) is 11.7 Å². The molecule has 0 spiro atoms. The molecule has 1 aromatic rings. The lowest BCUT2D eigenvalue weighted by molar-refractivity contribution is 0.225. The van der Waals surface area contributed by atoms with Crippen molar-refractivity contribution in [1.29, 1.82) is 0 Å². The molecule has 0 radical (unpaired) electrons. The summed E-state index contributed by atoms with van der Waals surface area (Å²) >= 11 is 0. The maximum Gasteiger partial charge on any atom is 0.229 e. The van der Waals surface area contributed by atoms with Gasteiger partial charge in [0.25, 0.3) is 0 Å². The summed E-state index contributed by atoms with van der Waals surface area (Å²) in [6.45, 7) is 2.02. The summed E-state index contributed by atoms with van der Waals surface area (Å²) in [6, 6.07) is 0. The molecule has 88 valence electrons. The minimum absolute atomic E-state index is 0.415. The van der Waals surface area contributed by atoms with E-state index in [1.54, 1.807) is 0 Å². The lowest BCUT2D eigenvalue weighted by Crippen LogP contribution is -2.38. The molecule has 3 rings (SSSR count). The van der Waals surface area contributed by atoms with E-state index in [4.69, 9.17) is 10.3 Å². The Balaban J connectivity index is 1.72. The molecule has 4 nitrogen and oxygen atoms in total. The Morgan fingerprint density at radius 3 is 2.69 bits per heavy atom. The number of nitrogens with zero attached hydrogens (tertiary/aromatic N) is 2. The van der Waals surface area contributed by atoms with Crippen molar-refractivity contribution in [1.82, 2.24) is 10.1 Å². The van der Waals surface area contributed by atoms with Gasteiger partial charge in [0, 0.05) is 5.92 Å². The van der Waals surface area contributed by atoms with Gasteiger partial charge in [-0.05, 0) is 32.1 Å². The highest BCUT2D eigenvalue weighted by atomic mass is 16.5. The highest BCUT2D eigenvalue weighted by Gasteiger charge is 2.35. The van der Waals surface area contributed by atoms with Crippen LogP contribution in [0.5, 0.6) is 0 Å². The quantitative estimate of drug-likeness (QED) is 0.847. The van der Waals surface area contributed by atoms with Crippen LogP contribution < -0.4 is 5.73 Å². The van der Waals surface area contributed by atoms with Crippen LogP contribution in [0, 0.1) is 5.92 Å². The van der Waals surface area contributed by atoms with Crippen molar-refractivity contribution in [3.63, 3.8) is 0 Å². The number of aromatic nitrogens is 2. The van der Waals surface area contributed by atoms with Crippen LogP contribution in [0.4, 0.5) is 0 Å². The molecule has 1 unspecified atom stereocenters. The summed E-state index contributed by atoms with van der Waals surface area (Å²) in [5, 5.41) is 4.05. The molecule has 0 bridgehead atoms. The smallest absolute Gasteiger partial charge is 0.229 e. The summed E-state index contributed by atoms with van der Waals surface area (Å²) in [7, 11) is 0. The molecule has 1 atom stereocenters. The zero-order valence-corrected chi connectivity index (χ0v) is 9.78. The number of hydrogen-bond acceptors (Lipinski definition) is 4. The highest BCUT2D eigenvalue weighted by Crippen LogP contribution is 2.40. The average Bonchev–Trinajstić information content (AvgIpc) is 2.90. The molecule has 16 heavy (non-hydrogen) atoms. The molecule has 2 aliphatic rings. The second kappa shape index (κ2) is 3.55. The SMILES string of the molecule is CC(N)(CC1CCC1)c1noc(C2CC2)n1. The minimum atomic E-state index is -0.415. The molecular formula is C12H19N3O. The topological polar surface area (TPSA) is 64.9 Å². The molecule has 0 amide bonds. The van der Waals surface area contributed by atoms with Crippen LogP contribution in [0.3, 0.4) is 0 Å². The van der Waals surface area contributed by atoms with Crippen molar-refractivity contribution in [2.75, 3.05) is 0 Å². The van der Waals surface area contributed by atoms with E-state index < -0.39 is 5.54 Å². The van der Waals surface area contributed by atoms with E-state index in [0.29, 0.717) is 11.7 Å². The predicted octanol–water partition coefficient (Wildman–Crippen LogP) is 2.31. The molecule has 1 aromatic heterocycles. The molecule has 0 saturated heterocycles. The van der Waals surface area contributed by atoms with E-state index in [1.807, 2.05) is 6.92 Å². The predicted molar refractivity (Wildman–Crippen MR) is 59.8 cm³/mol. The zero-order chi connectivity index (χ0) is 11.2. The molecule has 2 aliphatic carbocycles. The van der Waals surface area contributed by atoms with Crippen molar-refractivity contribution in [3.8, 4) is 0 Å². The van der Waals surface area contributed by atoms with Crippen LogP contribution in [0.25, 0.3) is 0 Å². The molecule has 2 N–H and O–H groups in total. The van der Waals surface area contributed by atoms with E-state index in [0.717, 1.165) is 18.2 Å². The third-order valence-corrected chi connectivity index (χ3v) is 3.82. The minimum Gasteiger partial charge on any atom is -0.339 e. The van der Waals surface area contributed by atoms with E-state index >= 15 is 0 Å². The van der Waals surface area contributed by atoms with Crippen molar-refractivity contribution in [2.45, 2.75) is 56.9 Å². The number of rotatable bonds is 4. The lowest BCUT2D eigenvalue weighted by atomic mass is 9.76. The Morgan fingerprint density at radius 1 is 1.38 bits per heavy atom. The van der Waals surface area contributed by atoms with Crippen molar-refractivity contribution < 1.29 is 4.52 Å². The Hall–Kier alpha value is -0.900. The van der Waals surface area contributed by atoms with Gasteiger partial charge in [-0.1, -0.05) is 24.4 Å². The summed E-state index contributed by atoms with van der Waals surface area (Å²) in [5.74, 6) is 2.76.